The van der Waals surface area contributed by atoms with Crippen LogP contribution in [0.1, 0.15) is 33.6 Å². The molecule has 0 aliphatic carbocycles. The maximum Gasteiger partial charge on any atom is 0.306 e. The fourth-order valence-corrected chi connectivity index (χ4v) is 1.49. The van der Waals surface area contributed by atoms with Crippen LogP contribution in [0.2, 0.25) is 0 Å². The van der Waals surface area contributed by atoms with Crippen LogP contribution in [0.3, 0.4) is 0 Å². The fraction of sp³-hybridized carbons (Fsp3) is 0.846. The van der Waals surface area contributed by atoms with E-state index in [0.717, 1.165) is 0 Å². The molecule has 0 amide bonds. The first-order chi connectivity index (χ1) is 8.49. The van der Waals surface area contributed by atoms with Gasteiger partial charge in [-0.05, 0) is 12.8 Å². The molecule has 2 unspecified atom stereocenters. The molecule has 0 bridgehead atoms. The Bertz CT molecular complexity index is 252. The van der Waals surface area contributed by atoms with E-state index in [1.54, 1.807) is 14.0 Å². The lowest BCUT2D eigenvalue weighted by atomic mass is 10.0. The summed E-state index contributed by atoms with van der Waals surface area (Å²) in [6, 6.07) is 0. The Hall–Kier alpha value is -1.10. The van der Waals surface area contributed by atoms with E-state index in [1.165, 1.54) is 0 Å². The Morgan fingerprint density at radius 1 is 0.944 bits per heavy atom. The Balaban J connectivity index is 3.76. The second kappa shape index (κ2) is 9.88. The molecule has 0 aromatic rings. The maximum atomic E-state index is 11.5. The Morgan fingerprint density at radius 2 is 1.50 bits per heavy atom. The molecule has 0 saturated carbocycles. The summed E-state index contributed by atoms with van der Waals surface area (Å²) in [5, 5.41) is 0. The lowest BCUT2D eigenvalue weighted by molar-refractivity contribution is -0.148. The first-order valence-corrected chi connectivity index (χ1v) is 6.29. The van der Waals surface area contributed by atoms with Crippen LogP contribution in [-0.4, -0.2) is 38.9 Å². The fourth-order valence-electron chi connectivity index (χ4n) is 1.49. The summed E-state index contributed by atoms with van der Waals surface area (Å²) in [7, 11) is 1.61. The van der Waals surface area contributed by atoms with Crippen LogP contribution in [0, 0.1) is 11.8 Å². The van der Waals surface area contributed by atoms with E-state index in [-0.39, 0.29) is 36.6 Å². The summed E-state index contributed by atoms with van der Waals surface area (Å²) in [5.41, 5.74) is 0. The van der Waals surface area contributed by atoms with E-state index in [4.69, 9.17) is 14.2 Å². The topological polar surface area (TPSA) is 61.8 Å². The normalized spacial score (nSPS) is 13.8. The van der Waals surface area contributed by atoms with Crippen molar-refractivity contribution in [3.63, 3.8) is 0 Å². The van der Waals surface area contributed by atoms with Crippen LogP contribution in [0.15, 0.2) is 0 Å². The van der Waals surface area contributed by atoms with E-state index >= 15 is 0 Å². The number of carbonyl (C=O) groups excluding carboxylic acids is 2. The molecular formula is C13H24O5. The molecule has 2 atom stereocenters. The molecule has 0 radical (unpaired) electrons. The molecule has 0 fully saturated rings. The second-order valence-electron chi connectivity index (χ2n) is 4.56. The quantitative estimate of drug-likeness (QED) is 0.591. The van der Waals surface area contributed by atoms with Crippen LogP contribution < -0.4 is 0 Å². The third-order valence-electron chi connectivity index (χ3n) is 2.32. The number of ether oxygens (including phenoxy) is 3. The van der Waals surface area contributed by atoms with Crippen LogP contribution in [0.25, 0.3) is 0 Å². The van der Waals surface area contributed by atoms with Crippen molar-refractivity contribution in [2.45, 2.75) is 33.6 Å². The minimum Gasteiger partial charge on any atom is -0.466 e. The zero-order valence-corrected chi connectivity index (χ0v) is 11.7. The summed E-state index contributed by atoms with van der Waals surface area (Å²) in [6.45, 7) is 6.80. The summed E-state index contributed by atoms with van der Waals surface area (Å²) in [6.07, 6.45) is 0.481. The van der Waals surface area contributed by atoms with Gasteiger partial charge in [-0.3, -0.25) is 9.59 Å². The molecule has 0 aliphatic rings. The molecular weight excluding hydrogens is 236 g/mol. The lowest BCUT2D eigenvalue weighted by Gasteiger charge is -2.13. The number of hydrogen-bond donors (Lipinski definition) is 0. The number of hydrogen-bond acceptors (Lipinski definition) is 5. The highest BCUT2D eigenvalue weighted by Gasteiger charge is 2.15. The van der Waals surface area contributed by atoms with Crippen molar-refractivity contribution in [1.82, 2.24) is 0 Å². The number of rotatable bonds is 9. The molecule has 0 heterocycles. The predicted molar refractivity (Wildman–Crippen MR) is 67.0 cm³/mol. The standard InChI is InChI=1S/C13H24O5/c1-5-17-12(14)6-10(2)7-13(15)18-9-11(3)8-16-4/h10-11H,5-9H2,1-4H3. The van der Waals surface area contributed by atoms with Gasteiger partial charge in [0.1, 0.15) is 0 Å². The van der Waals surface area contributed by atoms with Gasteiger partial charge in [0.05, 0.1) is 19.8 Å². The average molecular weight is 260 g/mol. The molecule has 5 heteroatoms. The van der Waals surface area contributed by atoms with Crippen molar-refractivity contribution < 1.29 is 23.8 Å². The molecule has 0 rings (SSSR count). The zero-order valence-electron chi connectivity index (χ0n) is 11.7. The Kier molecular flexibility index (Phi) is 9.28. The Labute approximate surface area is 109 Å². The molecule has 0 spiro atoms. The monoisotopic (exact) mass is 260 g/mol. The zero-order chi connectivity index (χ0) is 14.0. The van der Waals surface area contributed by atoms with E-state index in [2.05, 4.69) is 0 Å². The average Bonchev–Trinajstić information content (AvgIpc) is 2.26. The molecule has 106 valence electrons. The third kappa shape index (κ3) is 8.98. The minimum atomic E-state index is -0.283. The van der Waals surface area contributed by atoms with Crippen LogP contribution >= 0.6 is 0 Å². The van der Waals surface area contributed by atoms with Gasteiger partial charge in [-0.25, -0.2) is 0 Å². The number of carbonyl (C=O) groups is 2. The lowest BCUT2D eigenvalue weighted by Crippen LogP contribution is -2.18. The molecule has 18 heavy (non-hydrogen) atoms. The van der Waals surface area contributed by atoms with E-state index in [1.807, 2.05) is 13.8 Å². The highest BCUT2D eigenvalue weighted by molar-refractivity contribution is 5.73. The number of methoxy groups -OCH3 is 1. The minimum absolute atomic E-state index is 0.0609. The van der Waals surface area contributed by atoms with Crippen LogP contribution in [-0.2, 0) is 23.8 Å². The van der Waals surface area contributed by atoms with Crippen molar-refractivity contribution in [2.24, 2.45) is 11.8 Å². The van der Waals surface area contributed by atoms with Gasteiger partial charge in [-0.1, -0.05) is 13.8 Å². The second-order valence-corrected chi connectivity index (χ2v) is 4.56. The van der Waals surface area contributed by atoms with Gasteiger partial charge in [-0.2, -0.15) is 0 Å². The largest absolute Gasteiger partial charge is 0.466 e. The van der Waals surface area contributed by atoms with Gasteiger partial charge >= 0.3 is 11.9 Å². The molecule has 0 saturated heterocycles. The van der Waals surface area contributed by atoms with Gasteiger partial charge in [0.25, 0.3) is 0 Å². The van der Waals surface area contributed by atoms with Crippen molar-refractivity contribution >= 4 is 11.9 Å². The molecule has 0 N–H and O–H groups in total. The number of esters is 2. The van der Waals surface area contributed by atoms with Gasteiger partial charge in [-0.15, -0.1) is 0 Å². The van der Waals surface area contributed by atoms with E-state index < -0.39 is 0 Å². The summed E-state index contributed by atoms with van der Waals surface area (Å²) in [5.74, 6) is -0.436. The van der Waals surface area contributed by atoms with Crippen LogP contribution in [0.5, 0.6) is 0 Å². The van der Waals surface area contributed by atoms with Gasteiger partial charge in [0.15, 0.2) is 0 Å². The summed E-state index contributed by atoms with van der Waals surface area (Å²) < 4.78 is 14.9. The van der Waals surface area contributed by atoms with Crippen molar-refractivity contribution in [1.29, 1.82) is 0 Å². The molecule has 0 aromatic heterocycles. The van der Waals surface area contributed by atoms with Gasteiger partial charge in [0.2, 0.25) is 0 Å². The predicted octanol–water partition coefficient (Wildman–Crippen LogP) is 1.79. The first-order valence-electron chi connectivity index (χ1n) is 6.29. The maximum absolute atomic E-state index is 11.5. The van der Waals surface area contributed by atoms with E-state index in [0.29, 0.717) is 19.8 Å². The summed E-state index contributed by atoms with van der Waals surface area (Å²) in [4.78, 5) is 22.7. The van der Waals surface area contributed by atoms with Crippen molar-refractivity contribution in [3.05, 3.63) is 0 Å². The van der Waals surface area contributed by atoms with E-state index in [9.17, 15) is 9.59 Å². The summed E-state index contributed by atoms with van der Waals surface area (Å²) >= 11 is 0. The first kappa shape index (κ1) is 16.9. The molecule has 0 aromatic carbocycles. The Morgan fingerprint density at radius 3 is 2.00 bits per heavy atom. The molecule has 5 nitrogen and oxygen atoms in total. The SMILES string of the molecule is CCOC(=O)CC(C)CC(=O)OCC(C)COC. The highest BCUT2D eigenvalue weighted by Crippen LogP contribution is 2.10. The van der Waals surface area contributed by atoms with Gasteiger partial charge < -0.3 is 14.2 Å². The van der Waals surface area contributed by atoms with Gasteiger partial charge in [0, 0.05) is 25.9 Å². The highest BCUT2D eigenvalue weighted by atomic mass is 16.5. The smallest absolute Gasteiger partial charge is 0.306 e. The van der Waals surface area contributed by atoms with Crippen molar-refractivity contribution in [3.8, 4) is 0 Å². The van der Waals surface area contributed by atoms with Crippen molar-refractivity contribution in [2.75, 3.05) is 26.9 Å². The van der Waals surface area contributed by atoms with Crippen LogP contribution in [0.4, 0.5) is 0 Å². The third-order valence-corrected chi connectivity index (χ3v) is 2.32. The molecule has 0 aliphatic heterocycles.